The number of nitrogens with one attached hydrogen (secondary N) is 1. The Bertz CT molecular complexity index is 762. The summed E-state index contributed by atoms with van der Waals surface area (Å²) in [4.78, 5) is 23.2. The summed E-state index contributed by atoms with van der Waals surface area (Å²) < 4.78 is 11.0. The van der Waals surface area contributed by atoms with Crippen LogP contribution in [0.4, 0.5) is 0 Å². The third-order valence-corrected chi connectivity index (χ3v) is 3.72. The maximum absolute atomic E-state index is 12.3. The molecular weight excluding hydrogens is 298 g/mol. The van der Waals surface area contributed by atoms with Crippen LogP contribution in [0.2, 0.25) is 0 Å². The van der Waals surface area contributed by atoms with Crippen molar-refractivity contribution in [2.24, 2.45) is 0 Å². The van der Waals surface area contributed by atoms with Crippen molar-refractivity contribution in [3.63, 3.8) is 0 Å². The van der Waals surface area contributed by atoms with Gasteiger partial charge in [0.1, 0.15) is 11.4 Å². The zero-order valence-electron chi connectivity index (χ0n) is 12.8. The van der Waals surface area contributed by atoms with Crippen LogP contribution in [0.1, 0.15) is 53.0 Å². The molecule has 0 fully saturated rings. The van der Waals surface area contributed by atoms with E-state index in [1.165, 1.54) is 12.1 Å². The lowest BCUT2D eigenvalue weighted by atomic mass is 9.89. The second kappa shape index (κ2) is 5.46. The fourth-order valence-electron chi connectivity index (χ4n) is 2.74. The standard InChI is InChI=1S/C17H17NO5/c1-17(2)9-11(10-5-3-4-6-12(10)23-17)18-15(19)13-7-8-14(22-13)16(20)21/h3-8,11H,9H2,1-2H3,(H,18,19)(H,20,21)/t11-/m0/s1. The first kappa shape index (κ1) is 15.1. The molecule has 1 aliphatic heterocycles. The highest BCUT2D eigenvalue weighted by molar-refractivity contribution is 5.93. The summed E-state index contributed by atoms with van der Waals surface area (Å²) in [5.41, 5.74) is 0.479. The number of benzene rings is 1. The number of fused-ring (bicyclic) bond motifs is 1. The van der Waals surface area contributed by atoms with E-state index in [2.05, 4.69) is 5.32 Å². The molecule has 6 heteroatoms. The molecule has 2 aromatic rings. The highest BCUT2D eigenvalue weighted by atomic mass is 16.5. The summed E-state index contributed by atoms with van der Waals surface area (Å²) in [5.74, 6) is -1.21. The molecule has 0 unspecified atom stereocenters. The van der Waals surface area contributed by atoms with E-state index in [0.717, 1.165) is 11.3 Å². The maximum Gasteiger partial charge on any atom is 0.371 e. The Hall–Kier alpha value is -2.76. The molecular formula is C17H17NO5. The fourth-order valence-corrected chi connectivity index (χ4v) is 2.74. The van der Waals surface area contributed by atoms with Crippen molar-refractivity contribution in [2.45, 2.75) is 31.9 Å². The van der Waals surface area contributed by atoms with Crippen molar-refractivity contribution in [1.82, 2.24) is 5.32 Å². The van der Waals surface area contributed by atoms with E-state index in [0.29, 0.717) is 6.42 Å². The molecule has 0 spiro atoms. The van der Waals surface area contributed by atoms with Gasteiger partial charge in [0.25, 0.3) is 5.91 Å². The van der Waals surface area contributed by atoms with Gasteiger partial charge in [-0.15, -0.1) is 0 Å². The molecule has 1 atom stereocenters. The van der Waals surface area contributed by atoms with Crippen LogP contribution in [0.15, 0.2) is 40.8 Å². The highest BCUT2D eigenvalue weighted by Gasteiger charge is 2.34. The molecule has 120 valence electrons. The topological polar surface area (TPSA) is 88.8 Å². The Balaban J connectivity index is 1.84. The smallest absolute Gasteiger partial charge is 0.371 e. The van der Waals surface area contributed by atoms with Crippen molar-refractivity contribution in [1.29, 1.82) is 0 Å². The van der Waals surface area contributed by atoms with Gasteiger partial charge in [0.15, 0.2) is 5.76 Å². The third-order valence-electron chi connectivity index (χ3n) is 3.72. The summed E-state index contributed by atoms with van der Waals surface area (Å²) in [5, 5.41) is 11.8. The number of carbonyl (C=O) groups is 2. The molecule has 6 nitrogen and oxygen atoms in total. The van der Waals surface area contributed by atoms with Crippen molar-refractivity contribution >= 4 is 11.9 Å². The molecule has 1 amide bonds. The Labute approximate surface area is 133 Å². The summed E-state index contributed by atoms with van der Waals surface area (Å²) in [7, 11) is 0. The van der Waals surface area contributed by atoms with Crippen LogP contribution < -0.4 is 10.1 Å². The van der Waals surface area contributed by atoms with E-state index in [4.69, 9.17) is 14.3 Å². The number of carboxylic acids is 1. The quantitative estimate of drug-likeness (QED) is 0.909. The van der Waals surface area contributed by atoms with Gasteiger partial charge in [-0.05, 0) is 32.0 Å². The lowest BCUT2D eigenvalue weighted by molar-refractivity contribution is 0.0609. The van der Waals surface area contributed by atoms with Crippen LogP contribution in [-0.4, -0.2) is 22.6 Å². The van der Waals surface area contributed by atoms with Gasteiger partial charge >= 0.3 is 5.97 Å². The minimum Gasteiger partial charge on any atom is -0.487 e. The first-order valence-electron chi connectivity index (χ1n) is 7.28. The molecule has 2 N–H and O–H groups in total. The molecule has 0 bridgehead atoms. The normalized spacial score (nSPS) is 18.6. The number of para-hydroxylation sites is 1. The Morgan fingerprint density at radius 3 is 2.57 bits per heavy atom. The van der Waals surface area contributed by atoms with Gasteiger partial charge in [-0.25, -0.2) is 4.79 Å². The van der Waals surface area contributed by atoms with Crippen molar-refractivity contribution in [2.75, 3.05) is 0 Å². The zero-order valence-corrected chi connectivity index (χ0v) is 12.8. The average Bonchev–Trinajstić information content (AvgIpc) is 2.96. The van der Waals surface area contributed by atoms with Gasteiger partial charge in [-0.2, -0.15) is 0 Å². The van der Waals surface area contributed by atoms with Crippen LogP contribution in [0.3, 0.4) is 0 Å². The number of aromatic carboxylic acids is 1. The van der Waals surface area contributed by atoms with Crippen molar-refractivity contribution < 1.29 is 23.8 Å². The SMILES string of the molecule is CC1(C)C[C@H](NC(=O)c2ccc(C(=O)O)o2)c2ccccc2O1. The molecule has 2 heterocycles. The van der Waals surface area contributed by atoms with E-state index in [1.54, 1.807) is 0 Å². The predicted molar refractivity (Wildman–Crippen MR) is 81.6 cm³/mol. The van der Waals surface area contributed by atoms with Crippen molar-refractivity contribution in [3.8, 4) is 5.75 Å². The van der Waals surface area contributed by atoms with Crippen LogP contribution in [0.25, 0.3) is 0 Å². The molecule has 1 aromatic carbocycles. The lowest BCUT2D eigenvalue weighted by Crippen LogP contribution is -2.41. The second-order valence-electron chi connectivity index (χ2n) is 6.10. The number of amides is 1. The summed E-state index contributed by atoms with van der Waals surface area (Å²) in [6.45, 7) is 3.91. The van der Waals surface area contributed by atoms with E-state index < -0.39 is 17.5 Å². The van der Waals surface area contributed by atoms with E-state index in [9.17, 15) is 9.59 Å². The Kier molecular flexibility index (Phi) is 3.60. The molecule has 1 aromatic heterocycles. The number of hydrogen-bond acceptors (Lipinski definition) is 4. The number of carboxylic acid groups (broad SMARTS) is 1. The number of ether oxygens (including phenoxy) is 1. The molecule has 3 rings (SSSR count). The maximum atomic E-state index is 12.3. The summed E-state index contributed by atoms with van der Waals surface area (Å²) in [6, 6.07) is 9.92. The molecule has 23 heavy (non-hydrogen) atoms. The van der Waals surface area contributed by atoms with E-state index in [-0.39, 0.29) is 17.6 Å². The highest BCUT2D eigenvalue weighted by Crippen LogP contribution is 2.39. The van der Waals surface area contributed by atoms with Crippen LogP contribution in [0.5, 0.6) is 5.75 Å². The first-order chi connectivity index (χ1) is 10.9. The van der Waals surface area contributed by atoms with Gasteiger partial charge in [0.2, 0.25) is 5.76 Å². The number of carbonyl (C=O) groups excluding carboxylic acids is 1. The van der Waals surface area contributed by atoms with Crippen LogP contribution in [0, 0.1) is 0 Å². The van der Waals surface area contributed by atoms with Gasteiger partial charge in [0.05, 0.1) is 6.04 Å². The van der Waals surface area contributed by atoms with E-state index in [1.807, 2.05) is 38.1 Å². The van der Waals surface area contributed by atoms with Gasteiger partial charge in [-0.3, -0.25) is 4.79 Å². The van der Waals surface area contributed by atoms with Crippen LogP contribution >= 0.6 is 0 Å². The van der Waals surface area contributed by atoms with Gasteiger partial charge < -0.3 is 19.6 Å². The average molecular weight is 315 g/mol. The number of hydrogen-bond donors (Lipinski definition) is 2. The summed E-state index contributed by atoms with van der Waals surface area (Å²) >= 11 is 0. The van der Waals surface area contributed by atoms with E-state index >= 15 is 0 Å². The lowest BCUT2D eigenvalue weighted by Gasteiger charge is -2.37. The van der Waals surface area contributed by atoms with Crippen molar-refractivity contribution in [3.05, 3.63) is 53.5 Å². The molecule has 0 aliphatic carbocycles. The van der Waals surface area contributed by atoms with Gasteiger partial charge in [-0.1, -0.05) is 18.2 Å². The van der Waals surface area contributed by atoms with Crippen LogP contribution in [-0.2, 0) is 0 Å². The molecule has 0 saturated carbocycles. The third kappa shape index (κ3) is 3.06. The molecule has 0 radical (unpaired) electrons. The summed E-state index contributed by atoms with van der Waals surface area (Å²) in [6.07, 6.45) is 0.599. The second-order valence-corrected chi connectivity index (χ2v) is 6.10. The number of rotatable bonds is 3. The number of furan rings is 1. The molecule has 1 aliphatic rings. The zero-order chi connectivity index (χ0) is 16.6. The Morgan fingerprint density at radius 1 is 1.17 bits per heavy atom. The molecule has 0 saturated heterocycles. The minimum absolute atomic E-state index is 0.0239. The largest absolute Gasteiger partial charge is 0.487 e. The Morgan fingerprint density at radius 2 is 1.87 bits per heavy atom. The minimum atomic E-state index is -1.21. The first-order valence-corrected chi connectivity index (χ1v) is 7.28. The fraction of sp³-hybridized carbons (Fsp3) is 0.294. The van der Waals surface area contributed by atoms with Gasteiger partial charge in [0, 0.05) is 12.0 Å². The monoisotopic (exact) mass is 315 g/mol. The predicted octanol–water partition coefficient (Wildman–Crippen LogP) is 3.01.